The maximum Gasteiger partial charge on any atom is 0.227 e. The Labute approximate surface area is 181 Å². The molecule has 156 valence electrons. The van der Waals surface area contributed by atoms with Crippen molar-refractivity contribution in [3.8, 4) is 0 Å². The summed E-state index contributed by atoms with van der Waals surface area (Å²) in [5.74, 6) is 0.388. The fourth-order valence-corrected chi connectivity index (χ4v) is 4.86. The molecule has 2 heterocycles. The number of halogens is 1. The van der Waals surface area contributed by atoms with E-state index < -0.39 is 9.84 Å². The molecule has 1 aromatic heterocycles. The lowest BCUT2D eigenvalue weighted by Gasteiger charge is -2.36. The summed E-state index contributed by atoms with van der Waals surface area (Å²) in [5, 5.41) is 0.705. The number of piperazine rings is 1. The van der Waals surface area contributed by atoms with Crippen LogP contribution in [-0.4, -0.2) is 44.6 Å². The Morgan fingerprint density at radius 3 is 2.30 bits per heavy atom. The van der Waals surface area contributed by atoms with Crippen LogP contribution in [0.5, 0.6) is 0 Å². The molecule has 0 atom stereocenters. The van der Waals surface area contributed by atoms with Gasteiger partial charge < -0.3 is 15.5 Å². The molecule has 7 nitrogen and oxygen atoms in total. The normalized spacial score (nSPS) is 14.7. The van der Waals surface area contributed by atoms with Gasteiger partial charge in [-0.3, -0.25) is 0 Å². The Hall–Kier alpha value is -2.84. The standard InChI is InChI=1S/C21H22ClN5O2S/c1-15-5-7-18(8-6-15)30(28,29)19-14-24-21(25-20(19)23)27-11-9-26(10-12-27)17-4-2-3-16(22)13-17/h2-8,13-14H,9-12H2,1H3,(H2,23,24,25). The van der Waals surface area contributed by atoms with Gasteiger partial charge in [0, 0.05) is 36.9 Å². The molecule has 0 amide bonds. The van der Waals surface area contributed by atoms with Gasteiger partial charge in [0.15, 0.2) is 0 Å². The summed E-state index contributed by atoms with van der Waals surface area (Å²) < 4.78 is 25.8. The summed E-state index contributed by atoms with van der Waals surface area (Å²) in [6.45, 7) is 4.82. The Morgan fingerprint density at radius 2 is 1.67 bits per heavy atom. The molecule has 0 bridgehead atoms. The van der Waals surface area contributed by atoms with Crippen LogP contribution >= 0.6 is 11.6 Å². The highest BCUT2D eigenvalue weighted by Gasteiger charge is 2.25. The van der Waals surface area contributed by atoms with Gasteiger partial charge in [0.1, 0.15) is 10.7 Å². The number of aromatic nitrogens is 2. The van der Waals surface area contributed by atoms with Gasteiger partial charge in [-0.1, -0.05) is 35.4 Å². The average Bonchev–Trinajstić information content (AvgIpc) is 2.74. The van der Waals surface area contributed by atoms with Crippen LogP contribution in [0.4, 0.5) is 17.5 Å². The summed E-state index contributed by atoms with van der Waals surface area (Å²) in [4.78, 5) is 12.9. The van der Waals surface area contributed by atoms with Crippen LogP contribution in [0.15, 0.2) is 64.5 Å². The van der Waals surface area contributed by atoms with Crippen LogP contribution in [0.2, 0.25) is 5.02 Å². The average molecular weight is 444 g/mol. The molecule has 1 fully saturated rings. The van der Waals surface area contributed by atoms with Gasteiger partial charge in [-0.05, 0) is 37.3 Å². The first-order valence-corrected chi connectivity index (χ1v) is 11.4. The SMILES string of the molecule is Cc1ccc(S(=O)(=O)c2cnc(N3CCN(c4cccc(Cl)c4)CC3)nc2N)cc1. The number of benzene rings is 2. The summed E-state index contributed by atoms with van der Waals surface area (Å²) >= 11 is 6.09. The van der Waals surface area contributed by atoms with Crippen molar-refractivity contribution in [3.05, 3.63) is 65.3 Å². The van der Waals surface area contributed by atoms with Gasteiger partial charge in [-0.15, -0.1) is 0 Å². The predicted molar refractivity (Wildman–Crippen MR) is 119 cm³/mol. The monoisotopic (exact) mass is 443 g/mol. The molecule has 0 aliphatic carbocycles. The zero-order valence-electron chi connectivity index (χ0n) is 16.5. The Balaban J connectivity index is 1.51. The highest BCUT2D eigenvalue weighted by Crippen LogP contribution is 2.27. The van der Waals surface area contributed by atoms with Gasteiger partial charge >= 0.3 is 0 Å². The van der Waals surface area contributed by atoms with E-state index in [1.807, 2.05) is 36.1 Å². The van der Waals surface area contributed by atoms with Crippen molar-refractivity contribution >= 4 is 38.9 Å². The lowest BCUT2D eigenvalue weighted by atomic mass is 10.2. The highest BCUT2D eigenvalue weighted by molar-refractivity contribution is 7.91. The van der Waals surface area contributed by atoms with E-state index in [1.54, 1.807) is 24.3 Å². The van der Waals surface area contributed by atoms with Crippen molar-refractivity contribution in [1.82, 2.24) is 9.97 Å². The molecule has 2 aromatic carbocycles. The number of rotatable bonds is 4. The van der Waals surface area contributed by atoms with E-state index in [-0.39, 0.29) is 15.6 Å². The van der Waals surface area contributed by atoms with Crippen LogP contribution in [0.3, 0.4) is 0 Å². The molecule has 2 N–H and O–H groups in total. The zero-order valence-corrected chi connectivity index (χ0v) is 18.1. The molecular weight excluding hydrogens is 422 g/mol. The summed E-state index contributed by atoms with van der Waals surface area (Å²) in [6, 6.07) is 14.4. The van der Waals surface area contributed by atoms with Gasteiger partial charge in [0.05, 0.1) is 11.1 Å². The molecule has 0 saturated carbocycles. The topological polar surface area (TPSA) is 92.4 Å². The first-order valence-electron chi connectivity index (χ1n) is 9.54. The summed E-state index contributed by atoms with van der Waals surface area (Å²) in [7, 11) is -3.77. The number of anilines is 3. The maximum atomic E-state index is 12.9. The summed E-state index contributed by atoms with van der Waals surface area (Å²) in [5.41, 5.74) is 8.08. The molecule has 4 rings (SSSR count). The molecule has 30 heavy (non-hydrogen) atoms. The molecular formula is C21H22ClN5O2S. The van der Waals surface area contributed by atoms with Gasteiger partial charge in [0.2, 0.25) is 15.8 Å². The minimum atomic E-state index is -3.77. The van der Waals surface area contributed by atoms with Crippen LogP contribution in [0, 0.1) is 6.92 Å². The van der Waals surface area contributed by atoms with Crippen molar-refractivity contribution in [2.24, 2.45) is 0 Å². The number of aryl methyl sites for hydroxylation is 1. The molecule has 0 unspecified atom stereocenters. The lowest BCUT2D eigenvalue weighted by molar-refractivity contribution is 0.595. The minimum absolute atomic E-state index is 0.0437. The minimum Gasteiger partial charge on any atom is -0.382 e. The predicted octanol–water partition coefficient (Wildman–Crippen LogP) is 3.18. The van der Waals surface area contributed by atoms with E-state index in [2.05, 4.69) is 14.9 Å². The number of hydrogen-bond donors (Lipinski definition) is 1. The van der Waals surface area contributed by atoms with Crippen molar-refractivity contribution < 1.29 is 8.42 Å². The Bertz CT molecular complexity index is 1160. The molecule has 0 spiro atoms. The molecule has 9 heteroatoms. The Kier molecular flexibility index (Phi) is 5.53. The molecule has 0 radical (unpaired) electrons. The molecule has 1 saturated heterocycles. The molecule has 1 aliphatic rings. The number of nitrogen functional groups attached to an aromatic ring is 1. The van der Waals surface area contributed by atoms with Crippen molar-refractivity contribution in [2.45, 2.75) is 16.7 Å². The van der Waals surface area contributed by atoms with E-state index in [0.717, 1.165) is 24.3 Å². The number of hydrogen-bond acceptors (Lipinski definition) is 7. The van der Waals surface area contributed by atoms with Crippen LogP contribution in [-0.2, 0) is 9.84 Å². The van der Waals surface area contributed by atoms with Crippen molar-refractivity contribution in [3.63, 3.8) is 0 Å². The Morgan fingerprint density at radius 1 is 1.00 bits per heavy atom. The molecule has 3 aromatic rings. The van der Waals surface area contributed by atoms with Crippen molar-refractivity contribution in [2.75, 3.05) is 41.7 Å². The highest BCUT2D eigenvalue weighted by atomic mass is 35.5. The smallest absolute Gasteiger partial charge is 0.227 e. The second kappa shape index (κ2) is 8.12. The number of sulfone groups is 1. The van der Waals surface area contributed by atoms with Gasteiger partial charge in [-0.2, -0.15) is 4.98 Å². The second-order valence-electron chi connectivity index (χ2n) is 7.19. The van der Waals surface area contributed by atoms with E-state index in [9.17, 15) is 8.42 Å². The third-order valence-corrected chi connectivity index (χ3v) is 7.15. The first-order chi connectivity index (χ1) is 14.3. The molecule has 1 aliphatic heterocycles. The van der Waals surface area contributed by atoms with E-state index in [0.29, 0.717) is 24.1 Å². The van der Waals surface area contributed by atoms with Gasteiger partial charge in [0.25, 0.3) is 0 Å². The third kappa shape index (κ3) is 4.06. The fraction of sp³-hybridized carbons (Fsp3) is 0.238. The quantitative estimate of drug-likeness (QED) is 0.661. The zero-order chi connectivity index (χ0) is 21.3. The van der Waals surface area contributed by atoms with Crippen molar-refractivity contribution in [1.29, 1.82) is 0 Å². The maximum absolute atomic E-state index is 12.9. The van der Waals surface area contributed by atoms with Gasteiger partial charge in [-0.25, -0.2) is 13.4 Å². The van der Waals surface area contributed by atoms with E-state index in [4.69, 9.17) is 17.3 Å². The first kappa shape index (κ1) is 20.4. The van der Waals surface area contributed by atoms with Crippen LogP contribution in [0.1, 0.15) is 5.56 Å². The third-order valence-electron chi connectivity index (χ3n) is 5.13. The second-order valence-corrected chi connectivity index (χ2v) is 9.54. The fourth-order valence-electron chi connectivity index (χ4n) is 3.42. The lowest BCUT2D eigenvalue weighted by Crippen LogP contribution is -2.47. The number of nitrogens with zero attached hydrogens (tertiary/aromatic N) is 4. The van der Waals surface area contributed by atoms with Crippen LogP contribution in [0.25, 0.3) is 0 Å². The van der Waals surface area contributed by atoms with E-state index in [1.165, 1.54) is 6.20 Å². The van der Waals surface area contributed by atoms with E-state index >= 15 is 0 Å². The largest absolute Gasteiger partial charge is 0.382 e. The summed E-state index contributed by atoms with van der Waals surface area (Å²) in [6.07, 6.45) is 1.30. The number of nitrogens with two attached hydrogens (primary N) is 1. The van der Waals surface area contributed by atoms with Crippen LogP contribution < -0.4 is 15.5 Å².